The summed E-state index contributed by atoms with van der Waals surface area (Å²) in [5.74, 6) is -2.19. The molecule has 9 heteroatoms. The second-order valence-electron chi connectivity index (χ2n) is 7.13. The zero-order chi connectivity index (χ0) is 24.2. The van der Waals surface area contributed by atoms with Gasteiger partial charge in [0.25, 0.3) is 10.0 Å². The van der Waals surface area contributed by atoms with Gasteiger partial charge >= 0.3 is 5.97 Å². The summed E-state index contributed by atoms with van der Waals surface area (Å²) in [6, 6.07) is 14.3. The first-order valence-corrected chi connectivity index (χ1v) is 11.5. The lowest BCUT2D eigenvalue weighted by molar-refractivity contribution is 0.0599. The topological polar surface area (TPSA) is 72.9 Å². The molecule has 0 heterocycles. The molecular formula is C24H23F2NO5S. The molecule has 0 saturated carbocycles. The van der Waals surface area contributed by atoms with E-state index in [2.05, 4.69) is 0 Å². The van der Waals surface area contributed by atoms with Gasteiger partial charge in [0.05, 0.1) is 23.3 Å². The van der Waals surface area contributed by atoms with Crippen molar-refractivity contribution in [3.05, 3.63) is 89.0 Å². The normalized spacial score (nSPS) is 11.2. The van der Waals surface area contributed by atoms with Crippen molar-refractivity contribution in [1.29, 1.82) is 0 Å². The summed E-state index contributed by atoms with van der Waals surface area (Å²) in [4.78, 5) is 11.9. The van der Waals surface area contributed by atoms with Crippen molar-refractivity contribution in [2.24, 2.45) is 0 Å². The maximum atomic E-state index is 13.8. The van der Waals surface area contributed by atoms with Gasteiger partial charge < -0.3 is 9.47 Å². The molecule has 3 aromatic carbocycles. The molecule has 0 unspecified atom stereocenters. The van der Waals surface area contributed by atoms with Crippen LogP contribution < -0.4 is 9.04 Å². The van der Waals surface area contributed by atoms with Crippen molar-refractivity contribution in [3.8, 4) is 5.75 Å². The number of esters is 1. The summed E-state index contributed by atoms with van der Waals surface area (Å²) in [6.45, 7) is 3.33. The number of sulfonamides is 1. The molecule has 3 rings (SSSR count). The second-order valence-corrected chi connectivity index (χ2v) is 9.00. The molecule has 0 aliphatic rings. The number of anilines is 1. The van der Waals surface area contributed by atoms with Gasteiger partial charge in [-0.1, -0.05) is 18.2 Å². The number of methoxy groups -OCH3 is 1. The highest BCUT2D eigenvalue weighted by Gasteiger charge is 2.25. The number of carbonyl (C=O) groups excluding carboxylic acids is 1. The third-order valence-electron chi connectivity index (χ3n) is 5.04. The van der Waals surface area contributed by atoms with Gasteiger partial charge in [-0.3, -0.25) is 4.31 Å². The summed E-state index contributed by atoms with van der Waals surface area (Å²) in [7, 11) is -2.74. The van der Waals surface area contributed by atoms with E-state index in [-0.39, 0.29) is 29.2 Å². The third kappa shape index (κ3) is 5.14. The van der Waals surface area contributed by atoms with Crippen LogP contribution in [-0.2, 0) is 21.4 Å². The van der Waals surface area contributed by atoms with Gasteiger partial charge in [0, 0.05) is 12.1 Å². The molecule has 0 aromatic heterocycles. The number of carbonyl (C=O) groups is 1. The first-order chi connectivity index (χ1) is 15.7. The minimum atomic E-state index is -3.97. The molecule has 0 saturated heterocycles. The highest BCUT2D eigenvalue weighted by atomic mass is 32.2. The molecule has 0 N–H and O–H groups in total. The van der Waals surface area contributed by atoms with E-state index in [9.17, 15) is 22.0 Å². The lowest BCUT2D eigenvalue weighted by atomic mass is 10.1. The second kappa shape index (κ2) is 9.99. The van der Waals surface area contributed by atoms with E-state index in [0.29, 0.717) is 17.0 Å². The van der Waals surface area contributed by atoms with E-state index in [1.165, 1.54) is 35.7 Å². The molecule has 0 spiro atoms. The average molecular weight is 476 g/mol. The molecular weight excluding hydrogens is 452 g/mol. The van der Waals surface area contributed by atoms with Crippen molar-refractivity contribution < 1.29 is 31.5 Å². The van der Waals surface area contributed by atoms with Crippen molar-refractivity contribution in [1.82, 2.24) is 0 Å². The van der Waals surface area contributed by atoms with Gasteiger partial charge in [-0.2, -0.15) is 0 Å². The fourth-order valence-electron chi connectivity index (χ4n) is 3.24. The molecule has 174 valence electrons. The van der Waals surface area contributed by atoms with E-state index in [0.717, 1.165) is 6.07 Å². The number of aryl methyl sites for hydroxylation is 1. The lowest BCUT2D eigenvalue weighted by Crippen LogP contribution is -2.31. The highest BCUT2D eigenvalue weighted by Crippen LogP contribution is 2.27. The van der Waals surface area contributed by atoms with E-state index in [4.69, 9.17) is 9.47 Å². The van der Waals surface area contributed by atoms with Crippen LogP contribution in [-0.4, -0.2) is 28.0 Å². The lowest BCUT2D eigenvalue weighted by Gasteiger charge is -2.23. The third-order valence-corrected chi connectivity index (χ3v) is 6.94. The molecule has 0 aliphatic carbocycles. The van der Waals surface area contributed by atoms with Crippen LogP contribution in [0.2, 0.25) is 0 Å². The predicted octanol–water partition coefficient (Wildman–Crippen LogP) is 4.85. The minimum absolute atomic E-state index is 0.0442. The number of benzene rings is 3. The fourth-order valence-corrected chi connectivity index (χ4v) is 4.74. The fraction of sp³-hybridized carbons (Fsp3) is 0.208. The molecule has 0 radical (unpaired) electrons. The van der Waals surface area contributed by atoms with Crippen molar-refractivity contribution >= 4 is 21.7 Å². The Bertz CT molecular complexity index is 1260. The van der Waals surface area contributed by atoms with Gasteiger partial charge in [0.1, 0.15) is 12.4 Å². The molecule has 33 heavy (non-hydrogen) atoms. The Balaban J connectivity index is 1.83. The maximum absolute atomic E-state index is 13.8. The highest BCUT2D eigenvalue weighted by molar-refractivity contribution is 7.92. The molecule has 0 fully saturated rings. The van der Waals surface area contributed by atoms with Crippen LogP contribution in [0.4, 0.5) is 14.5 Å². The molecule has 6 nitrogen and oxygen atoms in total. The largest absolute Gasteiger partial charge is 0.489 e. The van der Waals surface area contributed by atoms with E-state index >= 15 is 0 Å². The summed E-state index contributed by atoms with van der Waals surface area (Å²) >= 11 is 0. The van der Waals surface area contributed by atoms with Crippen LogP contribution in [0.5, 0.6) is 5.75 Å². The van der Waals surface area contributed by atoms with Crippen LogP contribution in [0.25, 0.3) is 0 Å². The number of hydrogen-bond acceptors (Lipinski definition) is 5. The van der Waals surface area contributed by atoms with Crippen LogP contribution in [0, 0.1) is 18.6 Å². The van der Waals surface area contributed by atoms with Crippen LogP contribution >= 0.6 is 0 Å². The summed E-state index contributed by atoms with van der Waals surface area (Å²) < 4.78 is 65.1. The van der Waals surface area contributed by atoms with E-state index < -0.39 is 27.6 Å². The first kappa shape index (κ1) is 24.2. The zero-order valence-corrected chi connectivity index (χ0v) is 19.2. The standard InChI is InChI=1S/C24H23F2NO5S/c1-4-27(33(29,30)20-13-8-16(2)21(14-20)24(28)31-3)18-9-11-19(12-10-18)32-15-17-6-5-7-22(25)23(17)26/h5-14H,4,15H2,1-3H3. The molecule has 0 amide bonds. The van der Waals surface area contributed by atoms with Crippen molar-refractivity contribution in [2.45, 2.75) is 25.3 Å². The van der Waals surface area contributed by atoms with Gasteiger partial charge in [-0.15, -0.1) is 0 Å². The van der Waals surface area contributed by atoms with Gasteiger partial charge in [0.2, 0.25) is 0 Å². The van der Waals surface area contributed by atoms with Gasteiger partial charge in [-0.25, -0.2) is 22.0 Å². The van der Waals surface area contributed by atoms with Crippen LogP contribution in [0.1, 0.15) is 28.4 Å². The summed E-state index contributed by atoms with van der Waals surface area (Å²) in [6.07, 6.45) is 0. The number of halogens is 2. The summed E-state index contributed by atoms with van der Waals surface area (Å²) in [5.41, 5.74) is 1.21. The van der Waals surface area contributed by atoms with Crippen molar-refractivity contribution in [2.75, 3.05) is 18.0 Å². The van der Waals surface area contributed by atoms with Gasteiger partial charge in [0.15, 0.2) is 11.6 Å². The number of ether oxygens (including phenoxy) is 2. The monoisotopic (exact) mass is 475 g/mol. The molecule has 0 atom stereocenters. The SMILES string of the molecule is CCN(c1ccc(OCc2cccc(F)c2F)cc1)S(=O)(=O)c1ccc(C)c(C(=O)OC)c1. The Morgan fingerprint density at radius 1 is 1.03 bits per heavy atom. The minimum Gasteiger partial charge on any atom is -0.489 e. The average Bonchev–Trinajstić information content (AvgIpc) is 2.81. The van der Waals surface area contributed by atoms with Gasteiger partial charge in [-0.05, 0) is 61.9 Å². The first-order valence-electron chi connectivity index (χ1n) is 10.1. The van der Waals surface area contributed by atoms with E-state index in [1.54, 1.807) is 44.2 Å². The molecule has 0 aliphatic heterocycles. The maximum Gasteiger partial charge on any atom is 0.338 e. The Hall–Kier alpha value is -3.46. The van der Waals surface area contributed by atoms with Crippen LogP contribution in [0.3, 0.4) is 0 Å². The van der Waals surface area contributed by atoms with Crippen LogP contribution in [0.15, 0.2) is 65.6 Å². The number of rotatable bonds is 8. The smallest absolute Gasteiger partial charge is 0.338 e. The number of hydrogen-bond donors (Lipinski definition) is 0. The Morgan fingerprint density at radius 3 is 2.36 bits per heavy atom. The van der Waals surface area contributed by atoms with Crippen molar-refractivity contribution in [3.63, 3.8) is 0 Å². The number of nitrogens with zero attached hydrogens (tertiary/aromatic N) is 1. The Morgan fingerprint density at radius 2 is 1.73 bits per heavy atom. The molecule has 3 aromatic rings. The Kier molecular flexibility index (Phi) is 7.33. The zero-order valence-electron chi connectivity index (χ0n) is 18.3. The predicted molar refractivity (Wildman–Crippen MR) is 120 cm³/mol. The Labute approximate surface area is 191 Å². The quantitative estimate of drug-likeness (QED) is 0.436. The molecule has 0 bridgehead atoms. The van der Waals surface area contributed by atoms with E-state index in [1.807, 2.05) is 0 Å². The summed E-state index contributed by atoms with van der Waals surface area (Å²) in [5, 5.41) is 0.